The fourth-order valence-electron chi connectivity index (χ4n) is 1.40. The molecule has 0 saturated carbocycles. The Hall–Kier alpha value is -1.44. The van der Waals surface area contributed by atoms with Gasteiger partial charge in [0.2, 0.25) is 0 Å². The molecule has 1 aliphatic heterocycles. The van der Waals surface area contributed by atoms with Crippen molar-refractivity contribution in [3.63, 3.8) is 0 Å². The standard InChI is InChI=1S/C11H13NO/c1-9-3-5-10(6-4-9)11-7-13-8-12(11)2/h3-7H,8H2,1-2H3. The van der Waals surface area contributed by atoms with Gasteiger partial charge in [-0.05, 0) is 6.92 Å². The van der Waals surface area contributed by atoms with Crippen LogP contribution in [0.2, 0.25) is 0 Å². The van der Waals surface area contributed by atoms with E-state index in [1.807, 2.05) is 13.3 Å². The van der Waals surface area contributed by atoms with Crippen LogP contribution in [0.4, 0.5) is 0 Å². The molecule has 1 aromatic rings. The lowest BCUT2D eigenvalue weighted by atomic mass is 10.1. The molecule has 1 heterocycles. The van der Waals surface area contributed by atoms with Crippen molar-refractivity contribution < 1.29 is 4.74 Å². The van der Waals surface area contributed by atoms with Crippen molar-refractivity contribution in [2.75, 3.05) is 13.8 Å². The first-order valence-corrected chi connectivity index (χ1v) is 4.37. The molecule has 13 heavy (non-hydrogen) atoms. The Morgan fingerprint density at radius 1 is 1.23 bits per heavy atom. The van der Waals surface area contributed by atoms with Crippen LogP contribution in [0.3, 0.4) is 0 Å². The summed E-state index contributed by atoms with van der Waals surface area (Å²) in [6.45, 7) is 2.75. The first-order valence-electron chi connectivity index (χ1n) is 4.37. The summed E-state index contributed by atoms with van der Waals surface area (Å²) in [7, 11) is 2.03. The molecule has 0 spiro atoms. The molecule has 0 saturated heterocycles. The van der Waals surface area contributed by atoms with E-state index in [1.54, 1.807) is 0 Å². The van der Waals surface area contributed by atoms with Crippen LogP contribution in [-0.4, -0.2) is 18.7 Å². The topological polar surface area (TPSA) is 12.5 Å². The van der Waals surface area contributed by atoms with Gasteiger partial charge in [-0.3, -0.25) is 0 Å². The molecule has 0 atom stereocenters. The molecule has 0 fully saturated rings. The van der Waals surface area contributed by atoms with E-state index < -0.39 is 0 Å². The molecule has 0 aromatic heterocycles. The lowest BCUT2D eigenvalue weighted by Crippen LogP contribution is -2.12. The number of benzene rings is 1. The summed E-state index contributed by atoms with van der Waals surface area (Å²) in [6, 6.07) is 8.46. The monoisotopic (exact) mass is 175 g/mol. The van der Waals surface area contributed by atoms with Crippen LogP contribution in [0.25, 0.3) is 5.70 Å². The molecular weight excluding hydrogens is 162 g/mol. The minimum Gasteiger partial charge on any atom is -0.479 e. The first kappa shape index (κ1) is 8.17. The van der Waals surface area contributed by atoms with Crippen LogP contribution in [0.1, 0.15) is 11.1 Å². The lowest BCUT2D eigenvalue weighted by Gasteiger charge is -2.13. The van der Waals surface area contributed by atoms with E-state index in [9.17, 15) is 0 Å². The van der Waals surface area contributed by atoms with E-state index in [0.29, 0.717) is 6.73 Å². The number of rotatable bonds is 1. The molecule has 0 amide bonds. The van der Waals surface area contributed by atoms with E-state index in [0.717, 1.165) is 5.70 Å². The van der Waals surface area contributed by atoms with Gasteiger partial charge in [0.15, 0.2) is 6.73 Å². The number of ether oxygens (including phenoxy) is 1. The Bertz CT molecular complexity index is 326. The minimum absolute atomic E-state index is 0.656. The van der Waals surface area contributed by atoms with Crippen molar-refractivity contribution in [3.05, 3.63) is 41.7 Å². The maximum absolute atomic E-state index is 5.22. The highest BCUT2D eigenvalue weighted by molar-refractivity contribution is 5.64. The van der Waals surface area contributed by atoms with Crippen LogP contribution < -0.4 is 0 Å². The third-order valence-corrected chi connectivity index (χ3v) is 2.22. The SMILES string of the molecule is Cc1ccc(C2=COCN2C)cc1. The van der Waals surface area contributed by atoms with Crippen molar-refractivity contribution >= 4 is 5.70 Å². The maximum Gasteiger partial charge on any atom is 0.160 e. The summed E-state index contributed by atoms with van der Waals surface area (Å²) in [6.07, 6.45) is 1.81. The Morgan fingerprint density at radius 2 is 1.92 bits per heavy atom. The minimum atomic E-state index is 0.656. The fraction of sp³-hybridized carbons (Fsp3) is 0.273. The summed E-state index contributed by atoms with van der Waals surface area (Å²) < 4.78 is 5.22. The molecule has 68 valence electrons. The third-order valence-electron chi connectivity index (χ3n) is 2.22. The molecular formula is C11H13NO. The number of hydrogen-bond acceptors (Lipinski definition) is 2. The molecule has 0 aliphatic carbocycles. The van der Waals surface area contributed by atoms with Crippen molar-refractivity contribution in [2.45, 2.75) is 6.92 Å². The zero-order valence-electron chi connectivity index (χ0n) is 7.95. The van der Waals surface area contributed by atoms with Gasteiger partial charge < -0.3 is 9.64 Å². The Balaban J connectivity index is 2.30. The van der Waals surface area contributed by atoms with Crippen LogP contribution in [0, 0.1) is 6.92 Å². The van der Waals surface area contributed by atoms with Gasteiger partial charge in [0.1, 0.15) is 6.26 Å². The number of aryl methyl sites for hydroxylation is 1. The second-order valence-corrected chi connectivity index (χ2v) is 3.36. The van der Waals surface area contributed by atoms with Gasteiger partial charge in [-0.2, -0.15) is 0 Å². The highest BCUT2D eigenvalue weighted by Gasteiger charge is 2.12. The molecule has 0 unspecified atom stereocenters. The van der Waals surface area contributed by atoms with Crippen molar-refractivity contribution in [1.82, 2.24) is 4.90 Å². The smallest absolute Gasteiger partial charge is 0.160 e. The van der Waals surface area contributed by atoms with E-state index in [-0.39, 0.29) is 0 Å². The average Bonchev–Trinajstić information content (AvgIpc) is 2.53. The van der Waals surface area contributed by atoms with Crippen LogP contribution >= 0.6 is 0 Å². The van der Waals surface area contributed by atoms with Crippen molar-refractivity contribution in [1.29, 1.82) is 0 Å². The van der Waals surface area contributed by atoms with Gasteiger partial charge in [0.05, 0.1) is 5.70 Å². The quantitative estimate of drug-likeness (QED) is 0.649. The molecule has 2 heteroatoms. The molecule has 1 aromatic carbocycles. The highest BCUT2D eigenvalue weighted by Crippen LogP contribution is 2.22. The second kappa shape index (κ2) is 3.13. The first-order chi connectivity index (χ1) is 6.27. The number of nitrogens with zero attached hydrogens (tertiary/aromatic N) is 1. The zero-order valence-corrected chi connectivity index (χ0v) is 7.95. The lowest BCUT2D eigenvalue weighted by molar-refractivity contribution is 0.194. The fourth-order valence-corrected chi connectivity index (χ4v) is 1.40. The Morgan fingerprint density at radius 3 is 2.46 bits per heavy atom. The zero-order chi connectivity index (χ0) is 9.26. The predicted octanol–water partition coefficient (Wildman–Crippen LogP) is 2.21. The Kier molecular flexibility index (Phi) is 1.97. The summed E-state index contributed by atoms with van der Waals surface area (Å²) in [4.78, 5) is 2.09. The van der Waals surface area contributed by atoms with Crippen LogP contribution in [0.15, 0.2) is 30.5 Å². The van der Waals surface area contributed by atoms with Gasteiger partial charge in [-0.15, -0.1) is 0 Å². The summed E-state index contributed by atoms with van der Waals surface area (Å²) in [5.41, 5.74) is 3.65. The largest absolute Gasteiger partial charge is 0.479 e. The average molecular weight is 175 g/mol. The summed E-state index contributed by atoms with van der Waals surface area (Å²) >= 11 is 0. The van der Waals surface area contributed by atoms with Crippen molar-refractivity contribution in [3.8, 4) is 0 Å². The highest BCUT2D eigenvalue weighted by atomic mass is 16.5. The van der Waals surface area contributed by atoms with Gasteiger partial charge in [0, 0.05) is 12.6 Å². The van der Waals surface area contributed by atoms with E-state index in [1.165, 1.54) is 11.1 Å². The van der Waals surface area contributed by atoms with E-state index in [4.69, 9.17) is 4.74 Å². The summed E-state index contributed by atoms with van der Waals surface area (Å²) in [5, 5.41) is 0. The maximum atomic E-state index is 5.22. The van der Waals surface area contributed by atoms with Gasteiger partial charge in [-0.25, -0.2) is 0 Å². The van der Waals surface area contributed by atoms with Crippen LogP contribution in [-0.2, 0) is 4.74 Å². The van der Waals surface area contributed by atoms with Crippen LogP contribution in [0.5, 0.6) is 0 Å². The van der Waals surface area contributed by atoms with Gasteiger partial charge >= 0.3 is 0 Å². The van der Waals surface area contributed by atoms with Gasteiger partial charge in [-0.1, -0.05) is 29.8 Å². The molecule has 0 radical (unpaired) electrons. The molecule has 2 rings (SSSR count). The molecule has 0 bridgehead atoms. The predicted molar refractivity (Wildman–Crippen MR) is 52.9 cm³/mol. The molecule has 2 nitrogen and oxygen atoms in total. The summed E-state index contributed by atoms with van der Waals surface area (Å²) in [5.74, 6) is 0. The van der Waals surface area contributed by atoms with Crippen molar-refractivity contribution in [2.24, 2.45) is 0 Å². The van der Waals surface area contributed by atoms with Gasteiger partial charge in [0.25, 0.3) is 0 Å². The molecule has 0 N–H and O–H groups in total. The van der Waals surface area contributed by atoms with E-state index >= 15 is 0 Å². The van der Waals surface area contributed by atoms with E-state index in [2.05, 4.69) is 36.1 Å². The molecule has 1 aliphatic rings. The number of hydrogen-bond donors (Lipinski definition) is 0. The third kappa shape index (κ3) is 1.52. The Labute approximate surface area is 78.4 Å². The normalized spacial score (nSPS) is 15.5. The second-order valence-electron chi connectivity index (χ2n) is 3.36.